The predicted molar refractivity (Wildman–Crippen MR) is 66.2 cm³/mol. The molecule has 0 unspecified atom stereocenters. The van der Waals surface area contributed by atoms with Crippen molar-refractivity contribution in [3.63, 3.8) is 0 Å². The summed E-state index contributed by atoms with van der Waals surface area (Å²) >= 11 is 0. The highest BCUT2D eigenvalue weighted by molar-refractivity contribution is 5.95. The number of aliphatic hydroxyl groups excluding tert-OH is 1. The fraction of sp³-hybridized carbons (Fsp3) is 0.462. The van der Waals surface area contributed by atoms with Crippen LogP contribution in [0.25, 0.3) is 0 Å². The maximum Gasteiger partial charge on any atom is 0.251 e. The molecule has 17 heavy (non-hydrogen) atoms. The second-order valence-electron chi connectivity index (χ2n) is 4.43. The summed E-state index contributed by atoms with van der Waals surface area (Å²) < 4.78 is 0. The monoisotopic (exact) mass is 234 g/mol. The Labute approximate surface area is 101 Å². The van der Waals surface area contributed by atoms with E-state index in [-0.39, 0.29) is 17.9 Å². The van der Waals surface area contributed by atoms with Gasteiger partial charge in [0, 0.05) is 31.6 Å². The number of aliphatic hydroxyl groups is 1. The molecule has 3 N–H and O–H groups in total. The first kappa shape index (κ1) is 12.1. The van der Waals surface area contributed by atoms with Crippen molar-refractivity contribution in [2.45, 2.75) is 18.9 Å². The smallest absolute Gasteiger partial charge is 0.251 e. The van der Waals surface area contributed by atoms with Gasteiger partial charge in [-0.3, -0.25) is 4.79 Å². The van der Waals surface area contributed by atoms with E-state index in [1.807, 2.05) is 25.1 Å². The van der Waals surface area contributed by atoms with E-state index in [1.54, 1.807) is 7.05 Å². The maximum absolute atomic E-state index is 11.7. The van der Waals surface area contributed by atoms with Crippen molar-refractivity contribution in [2.24, 2.45) is 0 Å². The van der Waals surface area contributed by atoms with Crippen LogP contribution in [0, 0.1) is 6.92 Å². The second-order valence-corrected chi connectivity index (χ2v) is 4.43. The normalized spacial score (nSPS) is 23.7. The lowest BCUT2D eigenvalue weighted by molar-refractivity contribution is 0.0962. The van der Waals surface area contributed by atoms with Gasteiger partial charge in [0.2, 0.25) is 0 Å². The molecule has 1 aromatic rings. The molecule has 1 aromatic carbocycles. The number of amides is 1. The number of carbonyl (C=O) groups is 1. The highest BCUT2D eigenvalue weighted by Crippen LogP contribution is 2.27. The minimum Gasteiger partial charge on any atom is -0.391 e. The summed E-state index contributed by atoms with van der Waals surface area (Å²) in [6.45, 7) is 3.32. The standard InChI is InChI=1S/C13H18N2O2/c1-8-9(11-6-15-7-12(11)16)4-3-5-10(8)13(17)14-2/h3-5,11-12,15-16H,6-7H2,1-2H3,(H,14,17)/t11-,12-/m0/s1. The Bertz CT molecular complexity index is 431. The van der Waals surface area contributed by atoms with Crippen molar-refractivity contribution in [3.05, 3.63) is 34.9 Å². The lowest BCUT2D eigenvalue weighted by atomic mass is 9.89. The summed E-state index contributed by atoms with van der Waals surface area (Å²) in [7, 11) is 1.63. The number of hydrogen-bond donors (Lipinski definition) is 3. The molecule has 2 rings (SSSR count). The molecule has 1 heterocycles. The van der Waals surface area contributed by atoms with Gasteiger partial charge in [0.15, 0.2) is 0 Å². The van der Waals surface area contributed by atoms with E-state index >= 15 is 0 Å². The van der Waals surface area contributed by atoms with Crippen LogP contribution in [0.15, 0.2) is 18.2 Å². The van der Waals surface area contributed by atoms with Gasteiger partial charge in [-0.25, -0.2) is 0 Å². The Morgan fingerprint density at radius 1 is 1.47 bits per heavy atom. The maximum atomic E-state index is 11.7. The average Bonchev–Trinajstić information content (AvgIpc) is 2.75. The molecule has 1 aliphatic heterocycles. The van der Waals surface area contributed by atoms with Gasteiger partial charge in [-0.05, 0) is 24.1 Å². The van der Waals surface area contributed by atoms with Gasteiger partial charge in [-0.15, -0.1) is 0 Å². The molecule has 1 saturated heterocycles. The molecule has 2 atom stereocenters. The van der Waals surface area contributed by atoms with Gasteiger partial charge >= 0.3 is 0 Å². The Morgan fingerprint density at radius 3 is 2.82 bits per heavy atom. The third kappa shape index (κ3) is 2.18. The van der Waals surface area contributed by atoms with Crippen LogP contribution in [0.3, 0.4) is 0 Å². The summed E-state index contributed by atoms with van der Waals surface area (Å²) in [6, 6.07) is 5.67. The molecule has 0 bridgehead atoms. The first-order chi connectivity index (χ1) is 8.15. The van der Waals surface area contributed by atoms with E-state index in [0.29, 0.717) is 12.1 Å². The van der Waals surface area contributed by atoms with Crippen LogP contribution < -0.4 is 10.6 Å². The number of β-amino-alcohol motifs (C(OH)–C–C–N with tert-alkyl or cyclic N) is 1. The van der Waals surface area contributed by atoms with Crippen LogP contribution in [0.4, 0.5) is 0 Å². The number of hydrogen-bond acceptors (Lipinski definition) is 3. The first-order valence-corrected chi connectivity index (χ1v) is 5.85. The van der Waals surface area contributed by atoms with Crippen LogP contribution in [0.2, 0.25) is 0 Å². The molecular weight excluding hydrogens is 216 g/mol. The SMILES string of the molecule is CNC(=O)c1cccc([C@@H]2CNC[C@@H]2O)c1C. The van der Waals surface area contributed by atoms with Gasteiger partial charge in [-0.2, -0.15) is 0 Å². The average molecular weight is 234 g/mol. The molecule has 92 valence electrons. The van der Waals surface area contributed by atoms with Crippen molar-refractivity contribution in [1.29, 1.82) is 0 Å². The number of benzene rings is 1. The largest absolute Gasteiger partial charge is 0.391 e. The number of nitrogens with one attached hydrogen (secondary N) is 2. The predicted octanol–water partition coefficient (Wildman–Crippen LogP) is 0.402. The molecule has 0 radical (unpaired) electrons. The van der Waals surface area contributed by atoms with Crippen LogP contribution >= 0.6 is 0 Å². The molecule has 0 saturated carbocycles. The minimum absolute atomic E-state index is 0.0789. The van der Waals surface area contributed by atoms with Gasteiger partial charge in [-0.1, -0.05) is 12.1 Å². The van der Waals surface area contributed by atoms with Crippen LogP contribution in [0.5, 0.6) is 0 Å². The molecule has 1 aliphatic rings. The summed E-state index contributed by atoms with van der Waals surface area (Å²) in [5, 5.41) is 15.7. The van der Waals surface area contributed by atoms with Crippen molar-refractivity contribution in [3.8, 4) is 0 Å². The third-order valence-corrected chi connectivity index (χ3v) is 3.43. The zero-order chi connectivity index (χ0) is 12.4. The summed E-state index contributed by atoms with van der Waals surface area (Å²) in [4.78, 5) is 11.7. The molecule has 0 spiro atoms. The molecule has 0 aliphatic carbocycles. The van der Waals surface area contributed by atoms with Gasteiger partial charge in [0.1, 0.15) is 0 Å². The van der Waals surface area contributed by atoms with Crippen LogP contribution in [0.1, 0.15) is 27.4 Å². The Hall–Kier alpha value is -1.39. The van der Waals surface area contributed by atoms with E-state index in [0.717, 1.165) is 17.7 Å². The van der Waals surface area contributed by atoms with Gasteiger partial charge in [0.05, 0.1) is 6.10 Å². The fourth-order valence-corrected chi connectivity index (χ4v) is 2.42. The quantitative estimate of drug-likeness (QED) is 0.694. The summed E-state index contributed by atoms with van der Waals surface area (Å²) in [6.07, 6.45) is -0.367. The van der Waals surface area contributed by atoms with Crippen molar-refractivity contribution in [2.75, 3.05) is 20.1 Å². The summed E-state index contributed by atoms with van der Waals surface area (Å²) in [5.41, 5.74) is 2.70. The van der Waals surface area contributed by atoms with Crippen LogP contribution in [-0.4, -0.2) is 37.3 Å². The highest BCUT2D eigenvalue weighted by Gasteiger charge is 2.28. The molecule has 1 amide bonds. The van der Waals surface area contributed by atoms with E-state index in [1.165, 1.54) is 0 Å². The highest BCUT2D eigenvalue weighted by atomic mass is 16.3. The topological polar surface area (TPSA) is 61.4 Å². The Balaban J connectivity index is 2.38. The Kier molecular flexibility index (Phi) is 3.45. The molecule has 0 aromatic heterocycles. The zero-order valence-corrected chi connectivity index (χ0v) is 10.2. The van der Waals surface area contributed by atoms with Gasteiger partial charge in [0.25, 0.3) is 5.91 Å². The molecular formula is C13H18N2O2. The molecule has 1 fully saturated rings. The van der Waals surface area contributed by atoms with Crippen molar-refractivity contribution in [1.82, 2.24) is 10.6 Å². The lowest BCUT2D eigenvalue weighted by Crippen LogP contribution is -2.22. The van der Waals surface area contributed by atoms with E-state index in [4.69, 9.17) is 0 Å². The Morgan fingerprint density at radius 2 is 2.24 bits per heavy atom. The van der Waals surface area contributed by atoms with E-state index in [2.05, 4.69) is 10.6 Å². The third-order valence-electron chi connectivity index (χ3n) is 3.43. The second kappa shape index (κ2) is 4.85. The zero-order valence-electron chi connectivity index (χ0n) is 10.2. The van der Waals surface area contributed by atoms with Crippen molar-refractivity contribution < 1.29 is 9.90 Å². The van der Waals surface area contributed by atoms with E-state index < -0.39 is 0 Å². The van der Waals surface area contributed by atoms with Crippen molar-refractivity contribution >= 4 is 5.91 Å². The number of rotatable bonds is 2. The summed E-state index contributed by atoms with van der Waals surface area (Å²) in [5.74, 6) is 0.00408. The van der Waals surface area contributed by atoms with Gasteiger partial charge < -0.3 is 15.7 Å². The lowest BCUT2D eigenvalue weighted by Gasteiger charge is -2.18. The first-order valence-electron chi connectivity index (χ1n) is 5.85. The fourth-order valence-electron chi connectivity index (χ4n) is 2.42. The minimum atomic E-state index is -0.367. The van der Waals surface area contributed by atoms with Crippen LogP contribution in [-0.2, 0) is 0 Å². The molecule has 4 heteroatoms. The number of carbonyl (C=O) groups excluding carboxylic acids is 1. The molecule has 4 nitrogen and oxygen atoms in total. The van der Waals surface area contributed by atoms with E-state index in [9.17, 15) is 9.90 Å².